The summed E-state index contributed by atoms with van der Waals surface area (Å²) in [7, 11) is 0. The Bertz CT molecular complexity index is 1080. The summed E-state index contributed by atoms with van der Waals surface area (Å²) in [5.74, 6) is 0. The van der Waals surface area contributed by atoms with E-state index in [1.807, 2.05) is 66.7 Å². The van der Waals surface area contributed by atoms with Crippen LogP contribution in [0.15, 0.2) is 87.8 Å². The van der Waals surface area contributed by atoms with Crippen molar-refractivity contribution in [3.05, 3.63) is 83.2 Å². The molecule has 116 valence electrons. The first-order valence-electron chi connectivity index (χ1n) is 7.58. The molecule has 4 rings (SSSR count). The van der Waals surface area contributed by atoms with Crippen molar-refractivity contribution in [2.75, 3.05) is 0 Å². The van der Waals surface area contributed by atoms with Gasteiger partial charge in [0.1, 0.15) is 0 Å². The average Bonchev–Trinajstić information content (AvgIpc) is 3.01. The van der Waals surface area contributed by atoms with Crippen LogP contribution in [-0.4, -0.2) is 10.2 Å². The van der Waals surface area contributed by atoms with Gasteiger partial charge in [0.2, 0.25) is 0 Å². The maximum atomic E-state index is 12.1. The molecule has 0 saturated heterocycles. The zero-order chi connectivity index (χ0) is 16.4. The van der Waals surface area contributed by atoms with Crippen molar-refractivity contribution < 1.29 is 0 Å². The number of hydrogen-bond acceptors (Lipinski definition) is 3. The Morgan fingerprint density at radius 2 is 1.46 bits per heavy atom. The van der Waals surface area contributed by atoms with E-state index in [1.165, 1.54) is 0 Å². The smallest absolute Gasteiger partial charge is 0.292 e. The molecule has 0 saturated carbocycles. The van der Waals surface area contributed by atoms with E-state index in [0.717, 1.165) is 16.3 Å². The lowest BCUT2D eigenvalue weighted by Crippen LogP contribution is -1.96. The van der Waals surface area contributed by atoms with Gasteiger partial charge in [-0.25, -0.2) is 0 Å². The van der Waals surface area contributed by atoms with Gasteiger partial charge in [0.05, 0.1) is 11.4 Å². The van der Waals surface area contributed by atoms with Crippen LogP contribution in [0.5, 0.6) is 0 Å². The lowest BCUT2D eigenvalue weighted by molar-refractivity contribution is 1.06. The van der Waals surface area contributed by atoms with Gasteiger partial charge in [-0.3, -0.25) is 15.0 Å². The van der Waals surface area contributed by atoms with Gasteiger partial charge in [-0.2, -0.15) is 5.11 Å². The number of nitrogens with zero attached hydrogens (tertiary/aromatic N) is 2. The van der Waals surface area contributed by atoms with Gasteiger partial charge < -0.3 is 0 Å². The highest BCUT2D eigenvalue weighted by Gasteiger charge is 2.12. The molecule has 1 heterocycles. The predicted molar refractivity (Wildman–Crippen MR) is 95.0 cm³/mol. The van der Waals surface area contributed by atoms with Gasteiger partial charge in [0.25, 0.3) is 5.56 Å². The molecule has 0 aliphatic rings. The highest BCUT2D eigenvalue weighted by Crippen LogP contribution is 2.29. The van der Waals surface area contributed by atoms with Crippen LogP contribution in [0, 0.1) is 0 Å². The maximum absolute atomic E-state index is 12.1. The molecule has 0 radical (unpaired) electrons. The molecule has 0 amide bonds. The summed E-state index contributed by atoms with van der Waals surface area (Å²) >= 11 is 0. The van der Waals surface area contributed by atoms with E-state index in [9.17, 15) is 4.79 Å². The van der Waals surface area contributed by atoms with Gasteiger partial charge >= 0.3 is 0 Å². The molecule has 3 aromatic carbocycles. The van der Waals surface area contributed by atoms with E-state index >= 15 is 0 Å². The largest absolute Gasteiger partial charge is 0.295 e. The number of aromatic amines is 2. The van der Waals surface area contributed by atoms with Crippen molar-refractivity contribution in [3.63, 3.8) is 0 Å². The second kappa shape index (κ2) is 5.96. The molecule has 24 heavy (non-hydrogen) atoms. The summed E-state index contributed by atoms with van der Waals surface area (Å²) in [6.07, 6.45) is 0. The van der Waals surface area contributed by atoms with E-state index in [2.05, 4.69) is 26.5 Å². The molecule has 0 aliphatic heterocycles. The minimum Gasteiger partial charge on any atom is -0.295 e. The molecule has 0 unspecified atom stereocenters. The van der Waals surface area contributed by atoms with Gasteiger partial charge in [0.15, 0.2) is 5.69 Å². The summed E-state index contributed by atoms with van der Waals surface area (Å²) in [5.41, 5.74) is 2.19. The number of aromatic nitrogens is 2. The van der Waals surface area contributed by atoms with Crippen molar-refractivity contribution in [1.29, 1.82) is 0 Å². The third kappa shape index (κ3) is 2.63. The number of azo groups is 1. The molecule has 0 fully saturated rings. The van der Waals surface area contributed by atoms with Crippen LogP contribution in [-0.2, 0) is 0 Å². The van der Waals surface area contributed by atoms with Crippen molar-refractivity contribution in [2.24, 2.45) is 10.2 Å². The number of rotatable bonds is 3. The van der Waals surface area contributed by atoms with Crippen LogP contribution in [0.25, 0.3) is 22.0 Å². The fourth-order valence-electron chi connectivity index (χ4n) is 2.60. The Morgan fingerprint density at radius 3 is 2.29 bits per heavy atom. The molecular weight excluding hydrogens is 300 g/mol. The molecule has 2 N–H and O–H groups in total. The molecular formula is C19H14N4O. The first kappa shape index (κ1) is 14.1. The molecule has 4 aromatic rings. The Kier molecular flexibility index (Phi) is 3.51. The molecule has 0 bridgehead atoms. The van der Waals surface area contributed by atoms with E-state index in [-0.39, 0.29) is 11.2 Å². The topological polar surface area (TPSA) is 73.4 Å². The molecule has 1 aromatic heterocycles. The highest BCUT2D eigenvalue weighted by atomic mass is 16.1. The average molecular weight is 314 g/mol. The van der Waals surface area contributed by atoms with Gasteiger partial charge in [-0.05, 0) is 29.0 Å². The lowest BCUT2D eigenvalue weighted by Gasteiger charge is -2.02. The molecule has 0 spiro atoms. The Labute approximate surface area is 137 Å². The van der Waals surface area contributed by atoms with Gasteiger partial charge in [-0.15, -0.1) is 5.11 Å². The van der Waals surface area contributed by atoms with Crippen molar-refractivity contribution in [2.45, 2.75) is 0 Å². The van der Waals surface area contributed by atoms with Crippen LogP contribution in [0.2, 0.25) is 0 Å². The van der Waals surface area contributed by atoms with Crippen molar-refractivity contribution in [3.8, 4) is 11.3 Å². The molecule has 0 atom stereocenters. The van der Waals surface area contributed by atoms with Crippen LogP contribution in [0.4, 0.5) is 11.4 Å². The SMILES string of the molecule is O=c1[nH][nH]c(-c2ccc3ccccc3c2)c1N=Nc1ccccc1. The normalized spacial score (nSPS) is 11.3. The summed E-state index contributed by atoms with van der Waals surface area (Å²) in [6.45, 7) is 0. The van der Waals surface area contributed by atoms with Gasteiger partial charge in [0, 0.05) is 5.56 Å². The first-order chi connectivity index (χ1) is 11.8. The Hall–Kier alpha value is -3.47. The standard InChI is InChI=1S/C19H14N4O/c24-19-18(22-20-16-8-2-1-3-9-16)17(21-23-19)15-11-10-13-6-4-5-7-14(13)12-15/h1-12H,(H2,21,23,24). The lowest BCUT2D eigenvalue weighted by atomic mass is 10.0. The zero-order valence-electron chi connectivity index (χ0n) is 12.7. The molecule has 5 nitrogen and oxygen atoms in total. The monoisotopic (exact) mass is 314 g/mol. The Balaban J connectivity index is 1.78. The van der Waals surface area contributed by atoms with E-state index in [4.69, 9.17) is 0 Å². The number of fused-ring (bicyclic) bond motifs is 1. The third-order valence-corrected chi connectivity index (χ3v) is 3.81. The van der Waals surface area contributed by atoms with E-state index in [1.54, 1.807) is 0 Å². The van der Waals surface area contributed by atoms with Crippen molar-refractivity contribution >= 4 is 22.1 Å². The zero-order valence-corrected chi connectivity index (χ0v) is 12.7. The first-order valence-corrected chi connectivity index (χ1v) is 7.58. The van der Waals surface area contributed by atoms with Crippen LogP contribution in [0.3, 0.4) is 0 Å². The minimum atomic E-state index is -0.294. The summed E-state index contributed by atoms with van der Waals surface area (Å²) in [4.78, 5) is 12.1. The molecule has 5 heteroatoms. The third-order valence-electron chi connectivity index (χ3n) is 3.81. The summed E-state index contributed by atoms with van der Waals surface area (Å²) in [6, 6.07) is 23.4. The van der Waals surface area contributed by atoms with E-state index < -0.39 is 0 Å². The quantitative estimate of drug-likeness (QED) is 0.516. The van der Waals surface area contributed by atoms with Crippen LogP contribution in [0.1, 0.15) is 0 Å². The molecule has 0 aliphatic carbocycles. The maximum Gasteiger partial charge on any atom is 0.292 e. The predicted octanol–water partition coefficient (Wildman–Crippen LogP) is 4.94. The number of nitrogens with one attached hydrogen (secondary N) is 2. The Morgan fingerprint density at radius 1 is 0.708 bits per heavy atom. The highest BCUT2D eigenvalue weighted by molar-refractivity contribution is 5.88. The van der Waals surface area contributed by atoms with Crippen LogP contribution >= 0.6 is 0 Å². The summed E-state index contributed by atoms with van der Waals surface area (Å²) in [5, 5.41) is 16.0. The fraction of sp³-hybridized carbons (Fsp3) is 0. The number of hydrogen-bond donors (Lipinski definition) is 2. The number of H-pyrrole nitrogens is 2. The second-order valence-electron chi connectivity index (χ2n) is 5.40. The number of benzene rings is 3. The van der Waals surface area contributed by atoms with Crippen molar-refractivity contribution in [1.82, 2.24) is 10.2 Å². The second-order valence-corrected chi connectivity index (χ2v) is 5.40. The van der Waals surface area contributed by atoms with E-state index in [0.29, 0.717) is 11.4 Å². The van der Waals surface area contributed by atoms with Gasteiger partial charge in [-0.1, -0.05) is 54.6 Å². The van der Waals surface area contributed by atoms with Crippen LogP contribution < -0.4 is 5.56 Å². The minimum absolute atomic E-state index is 0.272. The fourth-order valence-corrected chi connectivity index (χ4v) is 2.60. The summed E-state index contributed by atoms with van der Waals surface area (Å²) < 4.78 is 0.